The Morgan fingerprint density at radius 2 is 1.89 bits per heavy atom. The Bertz CT molecular complexity index is 453. The van der Waals surface area contributed by atoms with E-state index in [0.29, 0.717) is 10.6 Å². The normalized spacial score (nSPS) is 18.5. The van der Waals surface area contributed by atoms with Crippen molar-refractivity contribution in [1.29, 1.82) is 0 Å². The SMILES string of the molecule is O=C(CS(=O)C1CCCCC1)c1ccccc1Cl. The third kappa shape index (κ3) is 3.42. The molecular weight excluding hydrogens is 268 g/mol. The van der Waals surface area contributed by atoms with E-state index < -0.39 is 10.8 Å². The molecule has 0 amide bonds. The minimum Gasteiger partial charge on any atom is -0.293 e. The summed E-state index contributed by atoms with van der Waals surface area (Å²) in [7, 11) is -1.05. The molecular formula is C14H17ClO2S. The van der Waals surface area contributed by atoms with Crippen LogP contribution < -0.4 is 0 Å². The van der Waals surface area contributed by atoms with Crippen molar-refractivity contribution in [3.63, 3.8) is 0 Å². The van der Waals surface area contributed by atoms with Gasteiger partial charge >= 0.3 is 0 Å². The molecule has 2 nitrogen and oxygen atoms in total. The summed E-state index contributed by atoms with van der Waals surface area (Å²) in [4.78, 5) is 12.0. The standard InChI is InChI=1S/C14H17ClO2S/c15-13-9-5-4-8-12(13)14(16)10-18(17)11-6-2-1-3-7-11/h4-5,8-9,11H,1-3,6-7,10H2. The van der Waals surface area contributed by atoms with Crippen LogP contribution in [0.1, 0.15) is 42.5 Å². The van der Waals surface area contributed by atoms with Crippen molar-refractivity contribution < 1.29 is 9.00 Å². The summed E-state index contributed by atoms with van der Waals surface area (Å²) in [5.41, 5.74) is 0.489. The molecule has 0 spiro atoms. The molecule has 1 aliphatic carbocycles. The fourth-order valence-corrected chi connectivity index (χ4v) is 4.09. The van der Waals surface area contributed by atoms with E-state index in [1.54, 1.807) is 24.3 Å². The minimum absolute atomic E-state index is 0.106. The lowest BCUT2D eigenvalue weighted by molar-refractivity contribution is 0.102. The molecule has 0 radical (unpaired) electrons. The van der Waals surface area contributed by atoms with Gasteiger partial charge in [0.05, 0.1) is 10.8 Å². The first-order valence-electron chi connectivity index (χ1n) is 6.33. The second-order valence-electron chi connectivity index (χ2n) is 4.69. The molecule has 0 heterocycles. The molecule has 1 aromatic rings. The van der Waals surface area contributed by atoms with Gasteiger partial charge in [0.1, 0.15) is 0 Å². The zero-order valence-corrected chi connectivity index (χ0v) is 11.8. The number of carbonyl (C=O) groups is 1. The molecule has 0 aliphatic heterocycles. The van der Waals surface area contributed by atoms with Crippen molar-refractivity contribution in [2.75, 3.05) is 5.75 Å². The van der Waals surface area contributed by atoms with Crippen molar-refractivity contribution in [2.24, 2.45) is 0 Å². The van der Waals surface area contributed by atoms with E-state index >= 15 is 0 Å². The average Bonchev–Trinajstić information content (AvgIpc) is 2.40. The molecule has 1 saturated carbocycles. The Kier molecular flexibility index (Phi) is 4.95. The van der Waals surface area contributed by atoms with Crippen molar-refractivity contribution >= 4 is 28.2 Å². The molecule has 0 aromatic heterocycles. The van der Waals surface area contributed by atoms with Crippen LogP contribution in [0.3, 0.4) is 0 Å². The van der Waals surface area contributed by atoms with E-state index in [-0.39, 0.29) is 16.8 Å². The Morgan fingerprint density at radius 3 is 2.56 bits per heavy atom. The number of hydrogen-bond donors (Lipinski definition) is 0. The third-order valence-electron chi connectivity index (χ3n) is 3.37. The van der Waals surface area contributed by atoms with E-state index in [1.165, 1.54) is 6.42 Å². The summed E-state index contributed by atoms with van der Waals surface area (Å²) in [6.45, 7) is 0. The molecule has 1 atom stereocenters. The zero-order valence-electron chi connectivity index (χ0n) is 10.2. The molecule has 0 N–H and O–H groups in total. The van der Waals surface area contributed by atoms with E-state index in [4.69, 9.17) is 11.6 Å². The maximum Gasteiger partial charge on any atom is 0.176 e. The fraction of sp³-hybridized carbons (Fsp3) is 0.500. The maximum atomic E-state index is 12.1. The highest BCUT2D eigenvalue weighted by molar-refractivity contribution is 7.86. The van der Waals surface area contributed by atoms with Crippen LogP contribution in [0.2, 0.25) is 5.02 Å². The number of benzene rings is 1. The van der Waals surface area contributed by atoms with Crippen LogP contribution >= 0.6 is 11.6 Å². The first-order chi connectivity index (χ1) is 8.68. The highest BCUT2D eigenvalue weighted by Gasteiger charge is 2.22. The quantitative estimate of drug-likeness (QED) is 0.792. The lowest BCUT2D eigenvalue weighted by Gasteiger charge is -2.20. The molecule has 0 saturated heterocycles. The van der Waals surface area contributed by atoms with Gasteiger partial charge < -0.3 is 0 Å². The van der Waals surface area contributed by atoms with Crippen LogP contribution in [0.15, 0.2) is 24.3 Å². The van der Waals surface area contributed by atoms with Gasteiger partial charge in [-0.1, -0.05) is 43.0 Å². The number of hydrogen-bond acceptors (Lipinski definition) is 2. The third-order valence-corrected chi connectivity index (χ3v) is 5.46. The van der Waals surface area contributed by atoms with Gasteiger partial charge in [-0.3, -0.25) is 9.00 Å². The fourth-order valence-electron chi connectivity index (χ4n) is 2.34. The molecule has 4 heteroatoms. The van der Waals surface area contributed by atoms with Gasteiger partial charge in [-0.05, 0) is 25.0 Å². The van der Waals surface area contributed by atoms with Gasteiger partial charge in [-0.15, -0.1) is 0 Å². The number of halogens is 1. The second-order valence-corrected chi connectivity index (χ2v) is 6.81. The van der Waals surface area contributed by atoms with Gasteiger partial charge in [0.25, 0.3) is 0 Å². The molecule has 18 heavy (non-hydrogen) atoms. The van der Waals surface area contributed by atoms with Crippen LogP contribution in [0, 0.1) is 0 Å². The van der Waals surface area contributed by atoms with Gasteiger partial charge in [0.15, 0.2) is 5.78 Å². The van der Waals surface area contributed by atoms with E-state index in [0.717, 1.165) is 25.7 Å². The van der Waals surface area contributed by atoms with Crippen molar-refractivity contribution in [1.82, 2.24) is 0 Å². The summed E-state index contributed by atoms with van der Waals surface area (Å²) in [6, 6.07) is 6.96. The van der Waals surface area contributed by atoms with Crippen LogP contribution in [0.5, 0.6) is 0 Å². The molecule has 1 fully saturated rings. The zero-order chi connectivity index (χ0) is 13.0. The number of rotatable bonds is 4. The topological polar surface area (TPSA) is 34.1 Å². The van der Waals surface area contributed by atoms with Crippen molar-refractivity contribution in [3.05, 3.63) is 34.9 Å². The number of carbonyl (C=O) groups excluding carboxylic acids is 1. The Hall–Kier alpha value is -0.670. The molecule has 1 aliphatic rings. The summed E-state index contributed by atoms with van der Waals surface area (Å²) in [5, 5.41) is 0.647. The summed E-state index contributed by atoms with van der Waals surface area (Å²) < 4.78 is 12.1. The van der Waals surface area contributed by atoms with E-state index in [1.807, 2.05) is 0 Å². The highest BCUT2D eigenvalue weighted by atomic mass is 35.5. The molecule has 0 bridgehead atoms. The Labute approximate surface area is 115 Å². The summed E-state index contributed by atoms with van der Waals surface area (Å²) in [5.74, 6) is -0.00138. The molecule has 1 unspecified atom stereocenters. The van der Waals surface area contributed by atoms with Crippen LogP contribution in [-0.4, -0.2) is 21.0 Å². The number of ketones is 1. The summed E-state index contributed by atoms with van der Waals surface area (Å²) in [6.07, 6.45) is 5.48. The van der Waals surface area contributed by atoms with Gasteiger partial charge in [-0.2, -0.15) is 0 Å². The van der Waals surface area contributed by atoms with Gasteiger partial charge in [0.2, 0.25) is 0 Å². The summed E-state index contributed by atoms with van der Waals surface area (Å²) >= 11 is 5.97. The smallest absolute Gasteiger partial charge is 0.176 e. The lowest BCUT2D eigenvalue weighted by atomic mass is 10.0. The monoisotopic (exact) mass is 284 g/mol. The predicted octanol–water partition coefficient (Wildman–Crippen LogP) is 3.60. The van der Waals surface area contributed by atoms with Crippen LogP contribution in [0.25, 0.3) is 0 Å². The average molecular weight is 285 g/mol. The first-order valence-corrected chi connectivity index (χ1v) is 8.09. The Morgan fingerprint density at radius 1 is 1.22 bits per heavy atom. The predicted molar refractivity (Wildman–Crippen MR) is 75.7 cm³/mol. The molecule has 98 valence electrons. The lowest BCUT2D eigenvalue weighted by Crippen LogP contribution is -2.24. The van der Waals surface area contributed by atoms with Crippen LogP contribution in [-0.2, 0) is 10.8 Å². The largest absolute Gasteiger partial charge is 0.293 e. The van der Waals surface area contributed by atoms with Crippen LogP contribution in [0.4, 0.5) is 0 Å². The number of Topliss-reactive ketones (excluding diaryl/α,β-unsaturated/α-hetero) is 1. The van der Waals surface area contributed by atoms with E-state index in [9.17, 15) is 9.00 Å². The molecule has 2 rings (SSSR count). The second kappa shape index (κ2) is 6.48. The first kappa shape index (κ1) is 13.8. The maximum absolute atomic E-state index is 12.1. The highest BCUT2D eigenvalue weighted by Crippen LogP contribution is 2.23. The Balaban J connectivity index is 1.99. The van der Waals surface area contributed by atoms with Crippen molar-refractivity contribution in [2.45, 2.75) is 37.4 Å². The van der Waals surface area contributed by atoms with E-state index in [2.05, 4.69) is 0 Å². The van der Waals surface area contributed by atoms with Gasteiger partial charge in [-0.25, -0.2) is 0 Å². The van der Waals surface area contributed by atoms with Gasteiger partial charge in [0, 0.05) is 21.6 Å². The van der Waals surface area contributed by atoms with Crippen molar-refractivity contribution in [3.8, 4) is 0 Å². The minimum atomic E-state index is -1.05. The molecule has 1 aromatic carbocycles.